The minimum Gasteiger partial charge on any atom is -0.383 e. The molecule has 0 radical (unpaired) electrons. The highest BCUT2D eigenvalue weighted by molar-refractivity contribution is 7.99. The molecule has 3 aromatic rings. The van der Waals surface area contributed by atoms with Gasteiger partial charge >= 0.3 is 5.69 Å². The summed E-state index contributed by atoms with van der Waals surface area (Å²) >= 11 is 1.52. The van der Waals surface area contributed by atoms with Crippen molar-refractivity contribution < 1.29 is 4.79 Å². The lowest BCUT2D eigenvalue weighted by atomic mass is 10.1. The van der Waals surface area contributed by atoms with Crippen molar-refractivity contribution in [3.8, 4) is 0 Å². The molecule has 1 aliphatic heterocycles. The van der Waals surface area contributed by atoms with Crippen LogP contribution in [0.2, 0.25) is 0 Å². The average Bonchev–Trinajstić information content (AvgIpc) is 2.85. The molecule has 3 N–H and O–H groups in total. The largest absolute Gasteiger partial charge is 0.383 e. The van der Waals surface area contributed by atoms with Crippen molar-refractivity contribution in [2.24, 2.45) is 7.05 Å². The van der Waals surface area contributed by atoms with E-state index in [0.717, 1.165) is 33.6 Å². The zero-order chi connectivity index (χ0) is 24.2. The van der Waals surface area contributed by atoms with Crippen LogP contribution < -0.4 is 27.2 Å². The lowest BCUT2D eigenvalue weighted by Gasteiger charge is -2.30. The van der Waals surface area contributed by atoms with Crippen LogP contribution in [0.25, 0.3) is 0 Å². The maximum Gasteiger partial charge on any atom is 0.333 e. The molecule has 2 aromatic carbocycles. The Morgan fingerprint density at radius 1 is 1.00 bits per heavy atom. The number of para-hydroxylation sites is 1. The van der Waals surface area contributed by atoms with Crippen LogP contribution in [0.15, 0.2) is 74.0 Å². The van der Waals surface area contributed by atoms with Crippen LogP contribution in [0.1, 0.15) is 32.2 Å². The zero-order valence-corrected chi connectivity index (χ0v) is 20.2. The SMILES string of the molecule is CC(C(=O)Nc1ccccc1Sc1ccccc1)n1c(=O)c(N2CCCCC2)c(N)n(C)c1=O. The Balaban J connectivity index is 1.65. The first kappa shape index (κ1) is 23.7. The maximum absolute atomic E-state index is 13.4. The van der Waals surface area contributed by atoms with Gasteiger partial charge in [-0.25, -0.2) is 9.36 Å². The molecule has 34 heavy (non-hydrogen) atoms. The van der Waals surface area contributed by atoms with Gasteiger partial charge < -0.3 is 16.0 Å². The molecule has 1 atom stereocenters. The normalized spacial score (nSPS) is 14.6. The summed E-state index contributed by atoms with van der Waals surface area (Å²) in [5, 5.41) is 2.90. The molecule has 1 fully saturated rings. The molecule has 0 spiro atoms. The van der Waals surface area contributed by atoms with E-state index in [-0.39, 0.29) is 5.82 Å². The number of benzene rings is 2. The van der Waals surface area contributed by atoms with E-state index < -0.39 is 23.2 Å². The second kappa shape index (κ2) is 10.2. The molecule has 0 saturated carbocycles. The van der Waals surface area contributed by atoms with Crippen LogP contribution in [0.3, 0.4) is 0 Å². The number of rotatable bonds is 6. The predicted molar refractivity (Wildman–Crippen MR) is 137 cm³/mol. The van der Waals surface area contributed by atoms with E-state index in [4.69, 9.17) is 5.73 Å². The quantitative estimate of drug-likeness (QED) is 0.561. The zero-order valence-electron chi connectivity index (χ0n) is 19.4. The fourth-order valence-corrected chi connectivity index (χ4v) is 5.04. The third-order valence-electron chi connectivity index (χ3n) is 6.07. The number of carbonyl (C=O) groups excluding carboxylic acids is 1. The van der Waals surface area contributed by atoms with E-state index in [9.17, 15) is 14.4 Å². The third kappa shape index (κ3) is 4.75. The smallest absolute Gasteiger partial charge is 0.333 e. The van der Waals surface area contributed by atoms with Crippen molar-refractivity contribution in [1.82, 2.24) is 9.13 Å². The summed E-state index contributed by atoms with van der Waals surface area (Å²) in [5.41, 5.74) is 5.95. The van der Waals surface area contributed by atoms with Gasteiger partial charge in [0.15, 0.2) is 0 Å². The lowest BCUT2D eigenvalue weighted by molar-refractivity contribution is -0.119. The lowest BCUT2D eigenvalue weighted by Crippen LogP contribution is -2.48. The van der Waals surface area contributed by atoms with Gasteiger partial charge in [0, 0.05) is 29.9 Å². The molecule has 2 heterocycles. The standard InChI is InChI=1S/C25H29N5O3S/c1-17(23(31)27-19-13-7-8-14-20(19)34-18-11-5-3-6-12-18)30-24(32)21(22(26)28(2)25(30)33)29-15-9-4-10-16-29/h3,5-8,11-14,17H,4,9-10,15-16,26H2,1-2H3,(H,27,31). The van der Waals surface area contributed by atoms with E-state index in [1.54, 1.807) is 13.0 Å². The van der Waals surface area contributed by atoms with Gasteiger partial charge in [0.05, 0.1) is 5.69 Å². The first-order chi connectivity index (χ1) is 16.4. The summed E-state index contributed by atoms with van der Waals surface area (Å²) in [6.45, 7) is 2.95. The van der Waals surface area contributed by atoms with Crippen molar-refractivity contribution in [2.45, 2.75) is 42.0 Å². The summed E-state index contributed by atoms with van der Waals surface area (Å²) in [6.07, 6.45) is 3.00. The fraction of sp³-hybridized carbons (Fsp3) is 0.320. The molecule has 1 amide bonds. The fourth-order valence-electron chi connectivity index (χ4n) is 4.12. The van der Waals surface area contributed by atoms with Crippen LogP contribution in [0.4, 0.5) is 17.2 Å². The number of aromatic nitrogens is 2. The Bertz CT molecular complexity index is 1300. The Kier molecular flexibility index (Phi) is 7.12. The topological polar surface area (TPSA) is 102 Å². The number of carbonyl (C=O) groups is 1. The average molecular weight is 480 g/mol. The van der Waals surface area contributed by atoms with E-state index in [2.05, 4.69) is 5.32 Å². The molecule has 1 saturated heterocycles. The summed E-state index contributed by atoms with van der Waals surface area (Å²) in [7, 11) is 1.53. The minimum atomic E-state index is -1.02. The van der Waals surface area contributed by atoms with E-state index in [0.29, 0.717) is 24.5 Å². The number of nitrogens with one attached hydrogen (secondary N) is 1. The highest BCUT2D eigenvalue weighted by atomic mass is 32.2. The molecule has 9 heteroatoms. The number of piperidine rings is 1. The van der Waals surface area contributed by atoms with E-state index in [1.807, 2.05) is 53.4 Å². The van der Waals surface area contributed by atoms with Crippen molar-refractivity contribution in [3.05, 3.63) is 75.4 Å². The molecule has 0 bridgehead atoms. The van der Waals surface area contributed by atoms with Crippen LogP contribution >= 0.6 is 11.8 Å². The number of hydrogen-bond donors (Lipinski definition) is 2. The number of hydrogen-bond acceptors (Lipinski definition) is 6. The van der Waals surface area contributed by atoms with Gasteiger partial charge in [0.1, 0.15) is 17.5 Å². The first-order valence-corrected chi connectivity index (χ1v) is 12.2. The monoisotopic (exact) mass is 479 g/mol. The van der Waals surface area contributed by atoms with Crippen LogP contribution in [-0.4, -0.2) is 28.1 Å². The van der Waals surface area contributed by atoms with Crippen molar-refractivity contribution >= 4 is 34.9 Å². The number of amides is 1. The molecule has 0 aliphatic carbocycles. The summed E-state index contributed by atoms with van der Waals surface area (Å²) in [6, 6.07) is 16.3. The van der Waals surface area contributed by atoms with Crippen LogP contribution in [0.5, 0.6) is 0 Å². The van der Waals surface area contributed by atoms with Gasteiger partial charge in [-0.2, -0.15) is 0 Å². The van der Waals surface area contributed by atoms with Gasteiger partial charge in [-0.05, 0) is 50.5 Å². The van der Waals surface area contributed by atoms with Gasteiger partial charge in [-0.3, -0.25) is 14.2 Å². The molecular weight excluding hydrogens is 450 g/mol. The van der Waals surface area contributed by atoms with Gasteiger partial charge in [-0.1, -0.05) is 42.1 Å². The summed E-state index contributed by atoms with van der Waals surface area (Å²) in [5.74, 6) is -0.319. The van der Waals surface area contributed by atoms with Gasteiger partial charge in [-0.15, -0.1) is 0 Å². The third-order valence-corrected chi connectivity index (χ3v) is 7.16. The Morgan fingerprint density at radius 3 is 2.35 bits per heavy atom. The van der Waals surface area contributed by atoms with Crippen molar-refractivity contribution in [2.75, 3.05) is 29.0 Å². The van der Waals surface area contributed by atoms with E-state index >= 15 is 0 Å². The highest BCUT2D eigenvalue weighted by Gasteiger charge is 2.27. The van der Waals surface area contributed by atoms with Gasteiger partial charge in [0.25, 0.3) is 5.56 Å². The predicted octanol–water partition coefficient (Wildman–Crippen LogP) is 3.47. The summed E-state index contributed by atoms with van der Waals surface area (Å²) in [4.78, 5) is 43.5. The first-order valence-electron chi connectivity index (χ1n) is 11.4. The number of nitrogen functional groups attached to an aromatic ring is 1. The van der Waals surface area contributed by atoms with Crippen LogP contribution in [0, 0.1) is 0 Å². The number of nitrogens with two attached hydrogens (primary N) is 1. The van der Waals surface area contributed by atoms with Crippen LogP contribution in [-0.2, 0) is 11.8 Å². The number of nitrogens with zero attached hydrogens (tertiary/aromatic N) is 3. The van der Waals surface area contributed by atoms with Crippen molar-refractivity contribution in [3.63, 3.8) is 0 Å². The second-order valence-corrected chi connectivity index (χ2v) is 9.49. The molecule has 178 valence electrons. The van der Waals surface area contributed by atoms with E-state index in [1.165, 1.54) is 23.4 Å². The second-order valence-electron chi connectivity index (χ2n) is 8.37. The Labute approximate surface area is 202 Å². The molecule has 1 aromatic heterocycles. The Hall–Kier alpha value is -3.46. The molecular formula is C25H29N5O3S. The van der Waals surface area contributed by atoms with Gasteiger partial charge in [0.2, 0.25) is 5.91 Å². The molecule has 8 nitrogen and oxygen atoms in total. The maximum atomic E-state index is 13.4. The molecule has 1 unspecified atom stereocenters. The van der Waals surface area contributed by atoms with Crippen molar-refractivity contribution in [1.29, 1.82) is 0 Å². The Morgan fingerprint density at radius 2 is 1.65 bits per heavy atom. The number of anilines is 3. The highest BCUT2D eigenvalue weighted by Crippen LogP contribution is 2.33. The minimum absolute atomic E-state index is 0.130. The molecule has 1 aliphatic rings. The molecule has 4 rings (SSSR count). The summed E-state index contributed by atoms with van der Waals surface area (Å²) < 4.78 is 2.25.